The second-order valence-electron chi connectivity index (χ2n) is 5.49. The van der Waals surface area contributed by atoms with E-state index in [4.69, 9.17) is 5.73 Å². The highest BCUT2D eigenvalue weighted by atomic mass is 35.5. The van der Waals surface area contributed by atoms with Crippen molar-refractivity contribution < 1.29 is 9.72 Å². The zero-order chi connectivity index (χ0) is 14.6. The number of carbonyl (C=O) groups excluding carboxylic acids is 1. The van der Waals surface area contributed by atoms with Crippen molar-refractivity contribution in [1.82, 2.24) is 5.32 Å². The van der Waals surface area contributed by atoms with Gasteiger partial charge in [0.15, 0.2) is 0 Å². The summed E-state index contributed by atoms with van der Waals surface area (Å²) < 4.78 is 0. The third-order valence-corrected chi connectivity index (χ3v) is 2.83. The predicted molar refractivity (Wildman–Crippen MR) is 79.6 cm³/mol. The summed E-state index contributed by atoms with van der Waals surface area (Å²) in [5.74, 6) is -0.231. The number of benzene rings is 1. The van der Waals surface area contributed by atoms with Crippen molar-refractivity contribution in [1.29, 1.82) is 0 Å². The maximum atomic E-state index is 11.8. The van der Waals surface area contributed by atoms with E-state index in [0.29, 0.717) is 6.54 Å². The van der Waals surface area contributed by atoms with Gasteiger partial charge in [-0.3, -0.25) is 14.9 Å². The summed E-state index contributed by atoms with van der Waals surface area (Å²) in [6, 6.07) is 5.45. The Labute approximate surface area is 124 Å². The minimum atomic E-state index is -0.592. The van der Waals surface area contributed by atoms with E-state index in [-0.39, 0.29) is 29.4 Å². The summed E-state index contributed by atoms with van der Waals surface area (Å²) in [5, 5.41) is 13.2. The molecule has 1 aromatic rings. The fourth-order valence-corrected chi connectivity index (χ4v) is 1.43. The normalized spacial score (nSPS) is 12.2. The number of nitro groups is 1. The first kappa shape index (κ1) is 18.3. The smallest absolute Gasteiger partial charge is 0.269 e. The Morgan fingerprint density at radius 1 is 1.35 bits per heavy atom. The molecule has 0 bridgehead atoms. The van der Waals surface area contributed by atoms with Crippen molar-refractivity contribution in [3.05, 3.63) is 39.9 Å². The molecule has 0 fully saturated rings. The van der Waals surface area contributed by atoms with Gasteiger partial charge in [-0.05, 0) is 11.0 Å². The monoisotopic (exact) mass is 301 g/mol. The van der Waals surface area contributed by atoms with Crippen LogP contribution in [0.3, 0.4) is 0 Å². The van der Waals surface area contributed by atoms with Gasteiger partial charge in [-0.15, -0.1) is 12.4 Å². The van der Waals surface area contributed by atoms with Crippen LogP contribution in [0.25, 0.3) is 0 Å². The molecule has 20 heavy (non-hydrogen) atoms. The van der Waals surface area contributed by atoms with E-state index in [1.807, 2.05) is 20.8 Å². The number of hydrogen-bond donors (Lipinski definition) is 2. The molecule has 0 aromatic heterocycles. The van der Waals surface area contributed by atoms with Crippen LogP contribution in [0.15, 0.2) is 24.3 Å². The fraction of sp³-hybridized carbons (Fsp3) is 0.462. The van der Waals surface area contributed by atoms with Crippen LogP contribution in [0.4, 0.5) is 5.69 Å². The molecule has 0 spiro atoms. The van der Waals surface area contributed by atoms with Gasteiger partial charge < -0.3 is 11.1 Å². The second kappa shape index (κ2) is 7.21. The number of carbonyl (C=O) groups is 1. The van der Waals surface area contributed by atoms with Crippen molar-refractivity contribution in [2.24, 2.45) is 11.1 Å². The van der Waals surface area contributed by atoms with Gasteiger partial charge in [-0.1, -0.05) is 32.9 Å². The van der Waals surface area contributed by atoms with Gasteiger partial charge in [0.05, 0.1) is 11.0 Å². The number of non-ortho nitro benzene ring substituents is 1. The number of nitrogens with zero attached hydrogens (tertiary/aromatic N) is 1. The summed E-state index contributed by atoms with van der Waals surface area (Å²) >= 11 is 0. The van der Waals surface area contributed by atoms with Crippen LogP contribution in [-0.2, 0) is 11.3 Å². The van der Waals surface area contributed by atoms with E-state index in [0.717, 1.165) is 5.56 Å². The van der Waals surface area contributed by atoms with Crippen LogP contribution in [0.1, 0.15) is 26.3 Å². The van der Waals surface area contributed by atoms with Crippen LogP contribution < -0.4 is 11.1 Å². The number of amides is 1. The molecule has 0 unspecified atom stereocenters. The lowest BCUT2D eigenvalue weighted by Gasteiger charge is -2.25. The van der Waals surface area contributed by atoms with Gasteiger partial charge in [0.1, 0.15) is 0 Å². The first-order valence-corrected chi connectivity index (χ1v) is 5.98. The average Bonchev–Trinajstić information content (AvgIpc) is 2.34. The van der Waals surface area contributed by atoms with Gasteiger partial charge in [0.25, 0.3) is 5.69 Å². The molecule has 0 aliphatic rings. The van der Waals surface area contributed by atoms with Gasteiger partial charge in [0.2, 0.25) is 5.91 Å². The van der Waals surface area contributed by atoms with E-state index < -0.39 is 11.0 Å². The second-order valence-corrected chi connectivity index (χ2v) is 5.49. The molecule has 0 aliphatic carbocycles. The molecule has 0 aliphatic heterocycles. The zero-order valence-corrected chi connectivity index (χ0v) is 12.6. The number of nitrogens with two attached hydrogens (primary N) is 1. The van der Waals surface area contributed by atoms with Crippen molar-refractivity contribution in [3.8, 4) is 0 Å². The molecule has 0 saturated heterocycles. The molecule has 6 nitrogen and oxygen atoms in total. The SMILES string of the molecule is CC(C)(C)[C@H](N)C(=O)NCc1ccc([N+](=O)[O-])cc1.Cl. The maximum absolute atomic E-state index is 11.8. The van der Waals surface area contributed by atoms with Gasteiger partial charge in [-0.2, -0.15) is 0 Å². The van der Waals surface area contributed by atoms with Crippen LogP contribution in [-0.4, -0.2) is 16.9 Å². The summed E-state index contributed by atoms with van der Waals surface area (Å²) in [6.45, 7) is 5.98. The topological polar surface area (TPSA) is 98.3 Å². The number of nitro benzene ring substituents is 1. The molecule has 112 valence electrons. The highest BCUT2D eigenvalue weighted by Crippen LogP contribution is 2.17. The molecule has 0 heterocycles. The quantitative estimate of drug-likeness (QED) is 0.656. The van der Waals surface area contributed by atoms with Crippen LogP contribution in [0, 0.1) is 15.5 Å². The molecule has 0 radical (unpaired) electrons. The van der Waals surface area contributed by atoms with E-state index in [9.17, 15) is 14.9 Å². The molecule has 3 N–H and O–H groups in total. The van der Waals surface area contributed by atoms with Gasteiger partial charge in [0, 0.05) is 18.7 Å². The summed E-state index contributed by atoms with van der Waals surface area (Å²) in [7, 11) is 0. The molecule has 1 aromatic carbocycles. The third-order valence-electron chi connectivity index (χ3n) is 2.83. The van der Waals surface area contributed by atoms with Crippen molar-refractivity contribution in [2.75, 3.05) is 0 Å². The Morgan fingerprint density at radius 3 is 2.25 bits per heavy atom. The highest BCUT2D eigenvalue weighted by molar-refractivity contribution is 5.85. The van der Waals surface area contributed by atoms with Crippen LogP contribution in [0.2, 0.25) is 0 Å². The van der Waals surface area contributed by atoms with Crippen molar-refractivity contribution in [3.63, 3.8) is 0 Å². The fourth-order valence-electron chi connectivity index (χ4n) is 1.43. The molecular weight excluding hydrogens is 282 g/mol. The first-order valence-electron chi connectivity index (χ1n) is 5.98. The minimum Gasteiger partial charge on any atom is -0.351 e. The Morgan fingerprint density at radius 2 is 1.85 bits per heavy atom. The third kappa shape index (κ3) is 5.14. The highest BCUT2D eigenvalue weighted by Gasteiger charge is 2.27. The lowest BCUT2D eigenvalue weighted by Crippen LogP contribution is -2.48. The minimum absolute atomic E-state index is 0. The molecule has 1 amide bonds. The number of halogens is 1. The molecule has 1 rings (SSSR count). The predicted octanol–water partition coefficient (Wildman–Crippen LogP) is 2.01. The Hall–Kier alpha value is -1.66. The Bertz CT molecular complexity index is 469. The standard InChI is InChI=1S/C13H19N3O3.ClH/c1-13(2,3)11(14)12(17)15-8-9-4-6-10(7-5-9)16(18)19;/h4-7,11H,8,14H2,1-3H3,(H,15,17);1H/t11-;/m1./s1. The van der Waals surface area contributed by atoms with Crippen molar-refractivity contribution in [2.45, 2.75) is 33.4 Å². The summed E-state index contributed by atoms with van der Waals surface area (Å²) in [6.07, 6.45) is 0. The van der Waals surface area contributed by atoms with Crippen LogP contribution >= 0.6 is 12.4 Å². The van der Waals surface area contributed by atoms with E-state index in [2.05, 4.69) is 5.32 Å². The average molecular weight is 302 g/mol. The first-order chi connectivity index (χ1) is 8.71. The zero-order valence-electron chi connectivity index (χ0n) is 11.8. The van der Waals surface area contributed by atoms with E-state index in [1.165, 1.54) is 12.1 Å². The van der Waals surface area contributed by atoms with E-state index in [1.54, 1.807) is 12.1 Å². The summed E-state index contributed by atoms with van der Waals surface area (Å²) in [5.41, 5.74) is 6.34. The maximum Gasteiger partial charge on any atom is 0.269 e. The van der Waals surface area contributed by atoms with Gasteiger partial charge >= 0.3 is 0 Å². The summed E-state index contributed by atoms with van der Waals surface area (Å²) in [4.78, 5) is 21.8. The van der Waals surface area contributed by atoms with E-state index >= 15 is 0 Å². The van der Waals surface area contributed by atoms with Crippen molar-refractivity contribution >= 4 is 24.0 Å². The Kier molecular flexibility index (Phi) is 6.61. The van der Waals surface area contributed by atoms with Crippen LogP contribution in [0.5, 0.6) is 0 Å². The Balaban J connectivity index is 0.00000361. The molecular formula is C13H20ClN3O3. The lowest BCUT2D eigenvalue weighted by atomic mass is 9.87. The number of rotatable bonds is 4. The molecule has 0 saturated carbocycles. The molecule has 1 atom stereocenters. The number of hydrogen-bond acceptors (Lipinski definition) is 4. The van der Waals surface area contributed by atoms with Gasteiger partial charge in [-0.25, -0.2) is 0 Å². The number of nitrogens with one attached hydrogen (secondary N) is 1. The molecule has 7 heteroatoms. The lowest BCUT2D eigenvalue weighted by molar-refractivity contribution is -0.384. The largest absolute Gasteiger partial charge is 0.351 e.